The van der Waals surface area contributed by atoms with E-state index in [1.54, 1.807) is 54.0 Å². The molecule has 3 aromatic heterocycles. The molecule has 1 aliphatic carbocycles. The number of thiophene rings is 1. The Morgan fingerprint density at radius 2 is 1.95 bits per heavy atom. The number of aryl methyl sites for hydroxylation is 2. The van der Waals surface area contributed by atoms with Crippen LogP contribution in [0, 0.1) is 0 Å². The SMILES string of the molecule is Cn1cc(-c2cccc(N3CCc4c(sc5c4CCCC5)C3=O)c2CO)nc(Nc2cccnc2)c1=O. The minimum Gasteiger partial charge on any atom is -0.392 e. The van der Waals surface area contributed by atoms with Crippen molar-refractivity contribution in [3.05, 3.63) is 85.7 Å². The van der Waals surface area contributed by atoms with Gasteiger partial charge in [-0.1, -0.05) is 12.1 Å². The Morgan fingerprint density at radius 1 is 1.08 bits per heavy atom. The second kappa shape index (κ2) is 9.57. The predicted octanol–water partition coefficient (Wildman–Crippen LogP) is 4.22. The number of pyridine rings is 1. The van der Waals surface area contributed by atoms with Crippen LogP contribution >= 0.6 is 11.3 Å². The predicted molar refractivity (Wildman–Crippen MR) is 145 cm³/mol. The van der Waals surface area contributed by atoms with Gasteiger partial charge in [-0.15, -0.1) is 11.3 Å². The molecule has 1 aliphatic heterocycles. The average Bonchev–Trinajstić information content (AvgIpc) is 3.31. The summed E-state index contributed by atoms with van der Waals surface area (Å²) in [6, 6.07) is 9.18. The van der Waals surface area contributed by atoms with Crippen LogP contribution in [0.5, 0.6) is 0 Å². The molecule has 8 nitrogen and oxygen atoms in total. The number of fused-ring (bicyclic) bond motifs is 3. The molecule has 1 amide bonds. The third-order valence-corrected chi connectivity index (χ3v) is 8.50. The van der Waals surface area contributed by atoms with E-state index in [-0.39, 0.29) is 23.9 Å². The van der Waals surface area contributed by atoms with E-state index in [4.69, 9.17) is 0 Å². The molecule has 4 heterocycles. The molecule has 0 fully saturated rings. The quantitative estimate of drug-likeness (QED) is 0.415. The van der Waals surface area contributed by atoms with E-state index in [1.165, 1.54) is 33.4 Å². The van der Waals surface area contributed by atoms with E-state index in [0.29, 0.717) is 34.7 Å². The number of rotatable bonds is 5. The molecule has 0 saturated carbocycles. The van der Waals surface area contributed by atoms with Crippen molar-refractivity contribution in [2.75, 3.05) is 16.8 Å². The Labute approximate surface area is 218 Å². The van der Waals surface area contributed by atoms with Gasteiger partial charge in [-0.2, -0.15) is 0 Å². The number of aromatic nitrogens is 3. The molecule has 0 saturated heterocycles. The fourth-order valence-electron chi connectivity index (χ4n) is 5.37. The minimum atomic E-state index is -0.283. The monoisotopic (exact) mass is 513 g/mol. The Bertz CT molecular complexity index is 1560. The first-order chi connectivity index (χ1) is 18.0. The first-order valence-corrected chi connectivity index (χ1v) is 13.3. The number of carbonyl (C=O) groups is 1. The van der Waals surface area contributed by atoms with Gasteiger partial charge in [0, 0.05) is 42.0 Å². The highest BCUT2D eigenvalue weighted by molar-refractivity contribution is 7.14. The Kier molecular flexibility index (Phi) is 6.10. The van der Waals surface area contributed by atoms with Crippen molar-refractivity contribution in [3.63, 3.8) is 0 Å². The van der Waals surface area contributed by atoms with Crippen LogP contribution < -0.4 is 15.8 Å². The number of benzene rings is 1. The number of carbonyl (C=O) groups excluding carboxylic acids is 1. The van der Waals surface area contributed by atoms with E-state index in [0.717, 1.165) is 24.1 Å². The summed E-state index contributed by atoms with van der Waals surface area (Å²) in [4.78, 5) is 39.2. The van der Waals surface area contributed by atoms with Gasteiger partial charge in [0.2, 0.25) is 0 Å². The van der Waals surface area contributed by atoms with E-state index in [9.17, 15) is 14.7 Å². The molecule has 9 heteroatoms. The van der Waals surface area contributed by atoms with Gasteiger partial charge in [-0.05, 0) is 61.4 Å². The molecule has 0 spiro atoms. The maximum atomic E-state index is 13.7. The average molecular weight is 514 g/mol. The van der Waals surface area contributed by atoms with E-state index < -0.39 is 0 Å². The standard InChI is InChI=1S/C28H27N5O3S/c1-32-15-22(31-26(28(32)36)30-17-6-5-12-29-14-17)18-8-4-9-23(21(18)16-34)33-13-11-20-19-7-2-3-10-24(19)37-25(20)27(33)35/h4-6,8-9,12,14-15,34H,2-3,7,10-11,13,16H2,1H3,(H,30,31). The van der Waals surface area contributed by atoms with Gasteiger partial charge in [-0.25, -0.2) is 4.98 Å². The Balaban J connectivity index is 1.40. The number of anilines is 3. The molecule has 0 bridgehead atoms. The van der Waals surface area contributed by atoms with Crippen molar-refractivity contribution in [1.82, 2.24) is 14.5 Å². The summed E-state index contributed by atoms with van der Waals surface area (Å²) in [6.45, 7) is 0.305. The molecule has 37 heavy (non-hydrogen) atoms. The van der Waals surface area contributed by atoms with Crippen LogP contribution in [0.3, 0.4) is 0 Å². The largest absolute Gasteiger partial charge is 0.392 e. The number of nitrogens with one attached hydrogen (secondary N) is 1. The second-order valence-corrected chi connectivity index (χ2v) is 10.5. The molecule has 0 radical (unpaired) electrons. The lowest BCUT2D eigenvalue weighted by Crippen LogP contribution is -2.37. The van der Waals surface area contributed by atoms with Gasteiger partial charge in [0.05, 0.1) is 34.7 Å². The first-order valence-electron chi connectivity index (χ1n) is 12.5. The topological polar surface area (TPSA) is 100 Å². The first kappa shape index (κ1) is 23.6. The lowest BCUT2D eigenvalue weighted by Gasteiger charge is -2.30. The number of aliphatic hydroxyl groups is 1. The Hall–Kier alpha value is -3.82. The van der Waals surface area contributed by atoms with Crippen molar-refractivity contribution >= 4 is 34.4 Å². The smallest absolute Gasteiger partial charge is 0.293 e. The maximum Gasteiger partial charge on any atom is 0.293 e. The van der Waals surface area contributed by atoms with Crippen LogP contribution in [-0.4, -0.2) is 32.1 Å². The lowest BCUT2D eigenvalue weighted by molar-refractivity contribution is 0.0984. The van der Waals surface area contributed by atoms with Crippen LogP contribution in [0.2, 0.25) is 0 Å². The highest BCUT2D eigenvalue weighted by Crippen LogP contribution is 2.40. The highest BCUT2D eigenvalue weighted by Gasteiger charge is 2.33. The van der Waals surface area contributed by atoms with Crippen molar-refractivity contribution in [2.45, 2.75) is 38.7 Å². The van der Waals surface area contributed by atoms with Gasteiger partial charge in [0.15, 0.2) is 5.82 Å². The molecule has 4 aromatic rings. The van der Waals surface area contributed by atoms with E-state index in [2.05, 4.69) is 15.3 Å². The van der Waals surface area contributed by atoms with Crippen molar-refractivity contribution in [2.24, 2.45) is 7.05 Å². The van der Waals surface area contributed by atoms with E-state index in [1.807, 2.05) is 18.2 Å². The fraction of sp³-hybridized carbons (Fsp3) is 0.286. The van der Waals surface area contributed by atoms with Gasteiger partial charge in [-0.3, -0.25) is 14.6 Å². The molecule has 2 N–H and O–H groups in total. The number of hydrogen-bond donors (Lipinski definition) is 2. The van der Waals surface area contributed by atoms with Crippen LogP contribution in [-0.2, 0) is 32.9 Å². The fourth-order valence-corrected chi connectivity index (χ4v) is 6.76. The van der Waals surface area contributed by atoms with Gasteiger partial charge in [0.1, 0.15) is 0 Å². The maximum absolute atomic E-state index is 13.7. The van der Waals surface area contributed by atoms with E-state index >= 15 is 0 Å². The van der Waals surface area contributed by atoms with Crippen LogP contribution in [0.25, 0.3) is 11.3 Å². The van der Waals surface area contributed by atoms with Crippen LogP contribution in [0.4, 0.5) is 17.2 Å². The zero-order valence-corrected chi connectivity index (χ0v) is 21.3. The minimum absolute atomic E-state index is 0.000135. The molecule has 188 valence electrons. The zero-order valence-electron chi connectivity index (χ0n) is 20.5. The number of nitrogens with zero attached hydrogens (tertiary/aromatic N) is 4. The van der Waals surface area contributed by atoms with Crippen molar-refractivity contribution < 1.29 is 9.90 Å². The molecule has 6 rings (SSSR count). The second-order valence-electron chi connectivity index (χ2n) is 9.44. The lowest BCUT2D eigenvalue weighted by atomic mass is 9.91. The van der Waals surface area contributed by atoms with Crippen LogP contribution in [0.15, 0.2) is 53.7 Å². The van der Waals surface area contributed by atoms with Crippen LogP contribution in [0.1, 0.15) is 44.1 Å². The van der Waals surface area contributed by atoms with Crippen molar-refractivity contribution in [1.29, 1.82) is 0 Å². The number of hydrogen-bond acceptors (Lipinski definition) is 7. The summed E-state index contributed by atoms with van der Waals surface area (Å²) in [5, 5.41) is 13.5. The number of amides is 1. The molecular weight excluding hydrogens is 486 g/mol. The summed E-state index contributed by atoms with van der Waals surface area (Å²) in [5.74, 6) is 0.157. The normalized spacial score (nSPS) is 14.9. The molecule has 0 unspecified atom stereocenters. The van der Waals surface area contributed by atoms with Crippen molar-refractivity contribution in [3.8, 4) is 11.3 Å². The summed E-state index contributed by atoms with van der Waals surface area (Å²) < 4.78 is 1.46. The summed E-state index contributed by atoms with van der Waals surface area (Å²) in [7, 11) is 1.67. The van der Waals surface area contributed by atoms with Gasteiger partial charge in [0.25, 0.3) is 11.5 Å². The van der Waals surface area contributed by atoms with Gasteiger partial charge < -0.3 is 19.9 Å². The Morgan fingerprint density at radius 3 is 2.76 bits per heavy atom. The zero-order chi connectivity index (χ0) is 25.5. The molecular formula is C28H27N5O3S. The highest BCUT2D eigenvalue weighted by atomic mass is 32.1. The molecule has 2 aliphatic rings. The summed E-state index contributed by atoms with van der Waals surface area (Å²) >= 11 is 1.65. The van der Waals surface area contributed by atoms with Gasteiger partial charge >= 0.3 is 0 Å². The molecule has 0 atom stereocenters. The number of aliphatic hydroxyl groups excluding tert-OH is 1. The molecule has 1 aromatic carbocycles. The summed E-state index contributed by atoms with van der Waals surface area (Å²) in [6.07, 6.45) is 10.2. The third-order valence-electron chi connectivity index (χ3n) is 7.18. The third kappa shape index (κ3) is 4.14. The summed E-state index contributed by atoms with van der Waals surface area (Å²) in [5.41, 5.74) is 5.49.